The normalized spacial score (nSPS) is 9.92. The minimum atomic E-state index is 0.505. The van der Waals surface area contributed by atoms with Crippen LogP contribution >= 0.6 is 12.2 Å². The second kappa shape index (κ2) is 3.01. The Kier molecular flexibility index (Phi) is 1.84. The van der Waals surface area contributed by atoms with Crippen molar-refractivity contribution in [3.05, 3.63) is 18.0 Å². The molecule has 0 bridgehead atoms. The average Bonchev–Trinajstić information content (AvgIpc) is 2.49. The molecular weight excluding hydrogens is 186 g/mol. The van der Waals surface area contributed by atoms with Gasteiger partial charge in [-0.05, 0) is 31.3 Å². The summed E-state index contributed by atoms with van der Waals surface area (Å²) in [6, 6.07) is 3.49. The first kappa shape index (κ1) is 7.97. The van der Waals surface area contributed by atoms with Crippen LogP contribution in [0.15, 0.2) is 17.1 Å². The third-order valence-electron chi connectivity index (χ3n) is 1.56. The molecule has 2 rings (SSSR count). The zero-order chi connectivity index (χ0) is 9.26. The number of rotatable bonds is 1. The molecule has 0 aliphatic carbocycles. The number of isothiocyanates is 1. The number of hydrogen-bond donors (Lipinski definition) is 0. The smallest absolute Gasteiger partial charge is 0.183 e. The highest BCUT2D eigenvalue weighted by molar-refractivity contribution is 7.78. The number of aliphatic imine (C=N–C) groups is 1. The molecule has 2 aromatic heterocycles. The number of fused-ring (bicyclic) bond motifs is 1. The Morgan fingerprint density at radius 3 is 3.08 bits per heavy atom. The molecule has 0 N–H and O–H groups in total. The number of aromatic nitrogens is 4. The summed E-state index contributed by atoms with van der Waals surface area (Å²) in [5.41, 5.74) is 0.695. The summed E-state index contributed by atoms with van der Waals surface area (Å²) in [5.74, 6) is 1.22. The zero-order valence-electron chi connectivity index (χ0n) is 6.80. The molecule has 0 radical (unpaired) electrons. The Bertz CT molecular complexity index is 497. The van der Waals surface area contributed by atoms with Crippen LogP contribution in [0.3, 0.4) is 0 Å². The van der Waals surface area contributed by atoms with Gasteiger partial charge in [0, 0.05) is 0 Å². The average molecular weight is 191 g/mol. The van der Waals surface area contributed by atoms with Crippen LogP contribution in [0.2, 0.25) is 0 Å². The minimum Gasteiger partial charge on any atom is -0.196 e. The van der Waals surface area contributed by atoms with Crippen molar-refractivity contribution in [3.8, 4) is 0 Å². The van der Waals surface area contributed by atoms with Crippen LogP contribution in [-0.4, -0.2) is 25.0 Å². The van der Waals surface area contributed by atoms with Gasteiger partial charge in [-0.15, -0.1) is 15.3 Å². The lowest BCUT2D eigenvalue weighted by Crippen LogP contribution is -1.92. The molecule has 2 heterocycles. The van der Waals surface area contributed by atoms with Crippen LogP contribution in [-0.2, 0) is 0 Å². The van der Waals surface area contributed by atoms with Gasteiger partial charge in [0.1, 0.15) is 0 Å². The van der Waals surface area contributed by atoms with Crippen molar-refractivity contribution in [1.82, 2.24) is 19.8 Å². The molecule has 0 amide bonds. The van der Waals surface area contributed by atoms with E-state index in [2.05, 4.69) is 37.7 Å². The Balaban J connectivity index is 2.72. The molecule has 0 aliphatic rings. The molecular formula is C7H5N5S. The number of hydrogen-bond acceptors (Lipinski definition) is 5. The summed E-state index contributed by atoms with van der Waals surface area (Å²) in [6.45, 7) is 1.82. The van der Waals surface area contributed by atoms with Crippen LogP contribution in [0.5, 0.6) is 0 Å². The van der Waals surface area contributed by atoms with Crippen molar-refractivity contribution in [2.75, 3.05) is 0 Å². The van der Waals surface area contributed by atoms with Crippen LogP contribution in [0.25, 0.3) is 5.65 Å². The number of thiocarbonyl (C=S) groups is 1. The van der Waals surface area contributed by atoms with Crippen LogP contribution in [0.4, 0.5) is 5.82 Å². The first-order chi connectivity index (χ1) is 6.31. The Morgan fingerprint density at radius 2 is 2.31 bits per heavy atom. The minimum absolute atomic E-state index is 0.505. The summed E-state index contributed by atoms with van der Waals surface area (Å²) in [4.78, 5) is 3.75. The van der Waals surface area contributed by atoms with Crippen molar-refractivity contribution in [1.29, 1.82) is 0 Å². The lowest BCUT2D eigenvalue weighted by atomic mass is 10.5. The molecule has 6 heteroatoms. The summed E-state index contributed by atoms with van der Waals surface area (Å²) < 4.78 is 1.60. The number of nitrogens with zero attached hydrogens (tertiary/aromatic N) is 5. The maximum absolute atomic E-state index is 4.47. The van der Waals surface area contributed by atoms with E-state index in [9.17, 15) is 0 Å². The molecule has 0 saturated heterocycles. The van der Waals surface area contributed by atoms with Crippen molar-refractivity contribution < 1.29 is 0 Å². The van der Waals surface area contributed by atoms with Crippen molar-refractivity contribution >= 4 is 28.8 Å². The van der Waals surface area contributed by atoms with Gasteiger partial charge >= 0.3 is 0 Å². The Labute approximate surface area is 79.1 Å². The maximum atomic E-state index is 4.47. The van der Waals surface area contributed by atoms with E-state index in [1.165, 1.54) is 0 Å². The van der Waals surface area contributed by atoms with E-state index >= 15 is 0 Å². The monoisotopic (exact) mass is 191 g/mol. The van der Waals surface area contributed by atoms with Gasteiger partial charge in [-0.2, -0.15) is 9.51 Å². The van der Waals surface area contributed by atoms with E-state index in [-0.39, 0.29) is 0 Å². The lowest BCUT2D eigenvalue weighted by Gasteiger charge is -1.93. The van der Waals surface area contributed by atoms with Crippen LogP contribution in [0, 0.1) is 6.92 Å². The fourth-order valence-corrected chi connectivity index (χ4v) is 1.09. The number of aryl methyl sites for hydroxylation is 1. The van der Waals surface area contributed by atoms with Gasteiger partial charge in [0.15, 0.2) is 17.3 Å². The topological polar surface area (TPSA) is 55.4 Å². The van der Waals surface area contributed by atoms with E-state index in [4.69, 9.17) is 0 Å². The van der Waals surface area contributed by atoms with Crippen molar-refractivity contribution in [2.24, 2.45) is 4.99 Å². The van der Waals surface area contributed by atoms with Gasteiger partial charge < -0.3 is 0 Å². The molecule has 2 aromatic rings. The zero-order valence-corrected chi connectivity index (χ0v) is 7.62. The second-order valence-corrected chi connectivity index (χ2v) is 2.59. The summed E-state index contributed by atoms with van der Waals surface area (Å²) in [6.07, 6.45) is 0. The van der Waals surface area contributed by atoms with Gasteiger partial charge in [0.25, 0.3) is 0 Å². The lowest BCUT2D eigenvalue weighted by molar-refractivity contribution is 0.875. The molecule has 0 unspecified atom stereocenters. The SMILES string of the molecule is Cc1nnc2ccc(N=C=S)nn12. The quantitative estimate of drug-likeness (QED) is 0.501. The fraction of sp³-hybridized carbons (Fsp3) is 0.143. The predicted octanol–water partition coefficient (Wildman–Crippen LogP) is 1.17. The highest BCUT2D eigenvalue weighted by Gasteiger charge is 2.01. The Hall–Kier alpha value is -1.65. The van der Waals surface area contributed by atoms with Gasteiger partial charge in [-0.3, -0.25) is 0 Å². The molecule has 0 saturated carbocycles. The largest absolute Gasteiger partial charge is 0.196 e. The highest BCUT2D eigenvalue weighted by atomic mass is 32.1. The van der Waals surface area contributed by atoms with Crippen molar-refractivity contribution in [3.63, 3.8) is 0 Å². The second-order valence-electron chi connectivity index (χ2n) is 2.41. The predicted molar refractivity (Wildman–Crippen MR) is 50.2 cm³/mol. The summed E-state index contributed by atoms with van der Waals surface area (Å²) >= 11 is 4.47. The fourth-order valence-electron chi connectivity index (χ4n) is 0.993. The van der Waals surface area contributed by atoms with Crippen LogP contribution < -0.4 is 0 Å². The molecule has 0 aliphatic heterocycles. The first-order valence-corrected chi connectivity index (χ1v) is 3.99. The van der Waals surface area contributed by atoms with Crippen molar-refractivity contribution in [2.45, 2.75) is 6.92 Å². The molecule has 13 heavy (non-hydrogen) atoms. The van der Waals surface area contributed by atoms with Gasteiger partial charge in [-0.25, -0.2) is 0 Å². The molecule has 0 fully saturated rings. The molecule has 64 valence electrons. The summed E-state index contributed by atoms with van der Waals surface area (Å²) in [7, 11) is 0. The van der Waals surface area contributed by atoms with E-state index in [1.54, 1.807) is 16.6 Å². The third-order valence-corrected chi connectivity index (χ3v) is 1.66. The highest BCUT2D eigenvalue weighted by Crippen LogP contribution is 2.08. The molecule has 0 spiro atoms. The van der Waals surface area contributed by atoms with E-state index in [0.29, 0.717) is 11.5 Å². The van der Waals surface area contributed by atoms with E-state index in [0.717, 1.165) is 5.82 Å². The van der Waals surface area contributed by atoms with E-state index in [1.807, 2.05) is 6.92 Å². The maximum Gasteiger partial charge on any atom is 0.183 e. The third kappa shape index (κ3) is 1.32. The molecule has 0 aromatic carbocycles. The molecule has 0 atom stereocenters. The van der Waals surface area contributed by atoms with Gasteiger partial charge in [-0.1, -0.05) is 0 Å². The Morgan fingerprint density at radius 1 is 1.46 bits per heavy atom. The summed E-state index contributed by atoms with van der Waals surface area (Å²) in [5, 5.41) is 14.1. The first-order valence-electron chi connectivity index (χ1n) is 3.58. The standard InChI is InChI=1S/C7H5N5S/c1-5-9-10-7-3-2-6(8-4-13)11-12(5)7/h2-3H,1H3. The van der Waals surface area contributed by atoms with Gasteiger partial charge in [0.2, 0.25) is 0 Å². The molecule has 5 nitrogen and oxygen atoms in total. The van der Waals surface area contributed by atoms with Crippen LogP contribution in [0.1, 0.15) is 5.82 Å². The van der Waals surface area contributed by atoms with E-state index < -0.39 is 0 Å². The van der Waals surface area contributed by atoms with Gasteiger partial charge in [0.05, 0.1) is 5.16 Å².